The number of rotatable bonds is 10. The molecule has 0 radical (unpaired) electrons. The Morgan fingerprint density at radius 3 is 1.02 bits per heavy atom. The molecule has 3 rings (SSSR count). The van der Waals surface area contributed by atoms with Crippen molar-refractivity contribution >= 4 is 23.8 Å². The number of nitrogens with zero attached hydrogens (tertiary/aromatic N) is 3. The van der Waals surface area contributed by atoms with E-state index in [1.54, 1.807) is 0 Å². The van der Waals surface area contributed by atoms with Crippen molar-refractivity contribution in [1.29, 1.82) is 0 Å². The summed E-state index contributed by atoms with van der Waals surface area (Å²) < 4.78 is 0. The molecule has 0 aliphatic carbocycles. The van der Waals surface area contributed by atoms with Crippen LogP contribution in [0.2, 0.25) is 0 Å². The third-order valence-corrected chi connectivity index (χ3v) is 7.65. The molecule has 0 spiro atoms. The van der Waals surface area contributed by atoms with Gasteiger partial charge in [-0.2, -0.15) is 0 Å². The van der Waals surface area contributed by atoms with E-state index in [0.717, 1.165) is 22.8 Å². The summed E-state index contributed by atoms with van der Waals surface area (Å²) >= 11 is 0. The number of aliphatic imine (C=N–C) groups is 2. The number of hydrogen-bond donors (Lipinski definition) is 0. The summed E-state index contributed by atoms with van der Waals surface area (Å²) in [6, 6.07) is 15.4. The van der Waals surface area contributed by atoms with Crippen LogP contribution in [0.25, 0.3) is 0 Å². The fourth-order valence-electron chi connectivity index (χ4n) is 5.01. The van der Waals surface area contributed by atoms with Gasteiger partial charge >= 0.3 is 0 Å². The molecular formula is C37H51N3. The lowest BCUT2D eigenvalue weighted by Crippen LogP contribution is -2.01. The first-order chi connectivity index (χ1) is 18.8. The van der Waals surface area contributed by atoms with Crippen LogP contribution >= 0.6 is 0 Å². The summed E-state index contributed by atoms with van der Waals surface area (Å²) in [6.07, 6.45) is 3.83. The molecule has 0 amide bonds. The zero-order chi connectivity index (χ0) is 29.7. The SMILES string of the molecule is CC(C)c1cc(C(C)C)c(N=Cc2cccc(C=Nc3c(C(C)C)cc(C(C)C)cc3C(C)C)n2)c(C(C)C)c1. The molecular weight excluding hydrogens is 486 g/mol. The van der Waals surface area contributed by atoms with E-state index in [4.69, 9.17) is 15.0 Å². The Balaban J connectivity index is 2.03. The summed E-state index contributed by atoms with van der Waals surface area (Å²) in [5.41, 5.74) is 11.8. The van der Waals surface area contributed by atoms with Crippen LogP contribution < -0.4 is 0 Å². The van der Waals surface area contributed by atoms with Crippen molar-refractivity contribution in [2.45, 2.75) is 119 Å². The van der Waals surface area contributed by atoms with Gasteiger partial charge in [0.2, 0.25) is 0 Å². The largest absolute Gasteiger partial charge is 0.254 e. The third-order valence-electron chi connectivity index (χ3n) is 7.65. The Labute approximate surface area is 244 Å². The van der Waals surface area contributed by atoms with Gasteiger partial charge in [-0.05, 0) is 81.0 Å². The molecule has 2 aromatic carbocycles. The Hall–Kier alpha value is -3.07. The van der Waals surface area contributed by atoms with Gasteiger partial charge < -0.3 is 0 Å². The summed E-state index contributed by atoms with van der Waals surface area (Å²) in [6.45, 7) is 27.1. The molecule has 1 heterocycles. The van der Waals surface area contributed by atoms with Crippen molar-refractivity contribution in [2.24, 2.45) is 9.98 Å². The van der Waals surface area contributed by atoms with Crippen LogP contribution in [0.1, 0.15) is 163 Å². The van der Waals surface area contributed by atoms with Gasteiger partial charge in [-0.25, -0.2) is 4.98 Å². The second-order valence-electron chi connectivity index (χ2n) is 13.0. The van der Waals surface area contributed by atoms with Crippen LogP contribution in [0.3, 0.4) is 0 Å². The predicted octanol–water partition coefficient (Wildman–Crippen LogP) is 11.3. The van der Waals surface area contributed by atoms with Crippen LogP contribution in [0, 0.1) is 0 Å². The van der Waals surface area contributed by atoms with Crippen molar-refractivity contribution in [1.82, 2.24) is 4.98 Å². The number of pyridine rings is 1. The fraction of sp³-hybridized carbons (Fsp3) is 0.486. The quantitative estimate of drug-likeness (QED) is 0.237. The molecule has 1 aromatic heterocycles. The lowest BCUT2D eigenvalue weighted by Gasteiger charge is -2.20. The maximum atomic E-state index is 5.05. The Morgan fingerprint density at radius 2 is 0.775 bits per heavy atom. The molecule has 0 bridgehead atoms. The molecule has 3 nitrogen and oxygen atoms in total. The smallest absolute Gasteiger partial charge is 0.0820 e. The van der Waals surface area contributed by atoms with Crippen molar-refractivity contribution in [2.75, 3.05) is 0 Å². The first-order valence-corrected chi connectivity index (χ1v) is 15.2. The zero-order valence-corrected chi connectivity index (χ0v) is 27.0. The van der Waals surface area contributed by atoms with Gasteiger partial charge in [-0.15, -0.1) is 0 Å². The topological polar surface area (TPSA) is 37.6 Å². The average Bonchev–Trinajstić information content (AvgIpc) is 2.89. The van der Waals surface area contributed by atoms with Gasteiger partial charge in [-0.1, -0.05) is 113 Å². The molecule has 40 heavy (non-hydrogen) atoms. The molecule has 0 saturated carbocycles. The van der Waals surface area contributed by atoms with Crippen molar-refractivity contribution in [3.63, 3.8) is 0 Å². The standard InChI is InChI=1S/C37H51N3/c1-22(2)28-16-32(24(5)6)36(33(17-28)25(7)8)38-20-30-14-13-15-31(40-30)21-39-37-34(26(9)10)18-29(23(3)4)19-35(37)27(11)12/h13-27H,1-12H3. The number of benzene rings is 2. The molecule has 0 saturated heterocycles. The third kappa shape index (κ3) is 7.56. The second-order valence-corrected chi connectivity index (χ2v) is 13.0. The van der Waals surface area contributed by atoms with Gasteiger partial charge in [0.15, 0.2) is 0 Å². The fourth-order valence-corrected chi connectivity index (χ4v) is 5.01. The molecule has 0 atom stereocenters. The van der Waals surface area contributed by atoms with E-state index in [1.165, 1.54) is 33.4 Å². The first-order valence-electron chi connectivity index (χ1n) is 15.2. The highest BCUT2D eigenvalue weighted by atomic mass is 14.8. The summed E-state index contributed by atoms with van der Waals surface area (Å²) in [7, 11) is 0. The minimum Gasteiger partial charge on any atom is -0.254 e. The molecule has 3 aromatic rings. The first kappa shape index (κ1) is 31.5. The maximum Gasteiger partial charge on any atom is 0.0820 e. The van der Waals surface area contributed by atoms with Crippen molar-refractivity contribution < 1.29 is 0 Å². The minimum absolute atomic E-state index is 0.391. The lowest BCUT2D eigenvalue weighted by molar-refractivity contribution is 0.805. The molecule has 0 fully saturated rings. The number of hydrogen-bond acceptors (Lipinski definition) is 3. The summed E-state index contributed by atoms with van der Waals surface area (Å²) in [5.74, 6) is 2.54. The van der Waals surface area contributed by atoms with Crippen LogP contribution in [-0.2, 0) is 0 Å². The Kier molecular flexibility index (Phi) is 10.6. The van der Waals surface area contributed by atoms with E-state index in [0.29, 0.717) is 35.5 Å². The highest BCUT2D eigenvalue weighted by Gasteiger charge is 2.18. The van der Waals surface area contributed by atoms with Crippen LogP contribution in [0.15, 0.2) is 52.4 Å². The van der Waals surface area contributed by atoms with E-state index in [1.807, 2.05) is 30.6 Å². The van der Waals surface area contributed by atoms with Gasteiger partial charge in [-0.3, -0.25) is 9.98 Å². The van der Waals surface area contributed by atoms with Gasteiger partial charge in [0.05, 0.1) is 35.2 Å². The van der Waals surface area contributed by atoms with E-state index in [-0.39, 0.29) is 0 Å². The molecule has 0 N–H and O–H groups in total. The van der Waals surface area contributed by atoms with Crippen LogP contribution in [0.4, 0.5) is 11.4 Å². The second kappa shape index (κ2) is 13.5. The number of aromatic nitrogens is 1. The highest BCUT2D eigenvalue weighted by Crippen LogP contribution is 2.39. The van der Waals surface area contributed by atoms with Crippen LogP contribution in [0.5, 0.6) is 0 Å². The Morgan fingerprint density at radius 1 is 0.475 bits per heavy atom. The van der Waals surface area contributed by atoms with E-state index < -0.39 is 0 Å². The predicted molar refractivity (Wildman–Crippen MR) is 176 cm³/mol. The zero-order valence-electron chi connectivity index (χ0n) is 27.0. The molecule has 0 aliphatic rings. The molecule has 214 valence electrons. The van der Waals surface area contributed by atoms with Crippen LogP contribution in [-0.4, -0.2) is 17.4 Å². The summed E-state index contributed by atoms with van der Waals surface area (Å²) in [5, 5.41) is 0. The van der Waals surface area contributed by atoms with Crippen molar-refractivity contribution in [3.8, 4) is 0 Å². The minimum atomic E-state index is 0.391. The summed E-state index contributed by atoms with van der Waals surface area (Å²) in [4.78, 5) is 15.0. The van der Waals surface area contributed by atoms with E-state index in [9.17, 15) is 0 Å². The normalized spacial score (nSPS) is 12.7. The Bertz CT molecular complexity index is 1190. The van der Waals surface area contributed by atoms with E-state index >= 15 is 0 Å². The van der Waals surface area contributed by atoms with Gasteiger partial charge in [0.1, 0.15) is 0 Å². The van der Waals surface area contributed by atoms with Gasteiger partial charge in [0.25, 0.3) is 0 Å². The average molecular weight is 538 g/mol. The molecule has 0 unspecified atom stereocenters. The monoisotopic (exact) mass is 537 g/mol. The maximum absolute atomic E-state index is 5.05. The van der Waals surface area contributed by atoms with Gasteiger partial charge in [0, 0.05) is 0 Å². The lowest BCUT2D eigenvalue weighted by atomic mass is 9.87. The molecule has 3 heteroatoms. The highest BCUT2D eigenvalue weighted by molar-refractivity contribution is 5.85. The molecule has 0 aliphatic heterocycles. The van der Waals surface area contributed by atoms with E-state index in [2.05, 4.69) is 107 Å². The van der Waals surface area contributed by atoms with Crippen molar-refractivity contribution in [3.05, 3.63) is 87.2 Å².